The number of aromatic nitrogens is 2. The first kappa shape index (κ1) is 78.6. The van der Waals surface area contributed by atoms with E-state index in [2.05, 4.69) is 47.4 Å². The van der Waals surface area contributed by atoms with Crippen LogP contribution in [0.15, 0.2) is 83.2 Å². The van der Waals surface area contributed by atoms with E-state index in [1.165, 1.54) is 33.0 Å². The van der Waals surface area contributed by atoms with E-state index in [9.17, 15) is 69.9 Å². The van der Waals surface area contributed by atoms with Crippen molar-refractivity contribution in [3.63, 3.8) is 0 Å². The lowest BCUT2D eigenvalue weighted by Gasteiger charge is -2.47. The van der Waals surface area contributed by atoms with Gasteiger partial charge >= 0.3 is 5.97 Å². The molecule has 5 aromatic carbocycles. The van der Waals surface area contributed by atoms with E-state index in [0.29, 0.717) is 4.34 Å². The van der Waals surface area contributed by atoms with Crippen molar-refractivity contribution in [2.75, 3.05) is 18.5 Å². The number of aromatic hydroxyl groups is 3. The number of primary amides is 1. The van der Waals surface area contributed by atoms with Gasteiger partial charge in [0, 0.05) is 40.5 Å². The molecule has 0 spiro atoms. The molecule has 18 atom stereocenters. The number of halogens is 2. The van der Waals surface area contributed by atoms with Crippen LogP contribution in [0.25, 0.3) is 11.1 Å². The van der Waals surface area contributed by atoms with Crippen molar-refractivity contribution in [3.8, 4) is 57.1 Å². The van der Waals surface area contributed by atoms with Crippen LogP contribution in [0, 0.1) is 5.92 Å². The minimum absolute atomic E-state index is 0.0956. The SMILES string of the molecule is CN[C@@H](CC(C)C)C(=O)N[C@H]1C(=O)N[C@@H](CC(N)=O)C(=O)NC2C(=O)NC3C(=O)N[C@H](C(=O)N[C@@H](C(=O)O)c4cc(O)cc(O)c4-c4cc3ccc4O)[C@H](O)c3ccc(c(Cl)c3)Oc3cc2cc(c3OC2OC(CSc3nnc(N)s3)C(O)C(O)C2OC2CC(C)(N)C(O)C(C)O2)Oc2ccc(cc2Cl)[C@H]1O. The molecule has 11 bridgehead atoms. The lowest BCUT2D eigenvalue weighted by atomic mass is 9.86. The predicted octanol–water partition coefficient (Wildman–Crippen LogP) is 1.34. The number of aliphatic carboxylic acids is 1. The van der Waals surface area contributed by atoms with Gasteiger partial charge in [-0.15, -0.1) is 10.2 Å². The van der Waals surface area contributed by atoms with E-state index >= 15 is 14.4 Å². The first-order valence-corrected chi connectivity index (χ1v) is 35.7. The fourth-order valence-electron chi connectivity index (χ4n) is 12.9. The first-order chi connectivity index (χ1) is 50.6. The summed E-state index contributed by atoms with van der Waals surface area (Å²) in [5, 5.41) is 130. The van der Waals surface area contributed by atoms with Crippen molar-refractivity contribution in [3.05, 3.63) is 117 Å². The second kappa shape index (κ2) is 32.2. The number of nitrogen functional groups attached to an aromatic ring is 1. The largest absolute Gasteiger partial charge is 0.508 e. The number of carbonyl (C=O) groups is 8. The van der Waals surface area contributed by atoms with Gasteiger partial charge in [0.1, 0.15) is 83.4 Å². The van der Waals surface area contributed by atoms with Crippen LogP contribution < -0.4 is 68.6 Å². The summed E-state index contributed by atoms with van der Waals surface area (Å²) in [5.74, 6) is -16.1. The summed E-state index contributed by atoms with van der Waals surface area (Å²) >= 11 is 16.3. The molecular weight excluding hydrogens is 1490 g/mol. The number of fused-ring (bicyclic) bond motifs is 15. The lowest BCUT2D eigenvalue weighted by molar-refractivity contribution is -0.329. The summed E-state index contributed by atoms with van der Waals surface area (Å²) in [5.41, 5.74) is 14.0. The highest BCUT2D eigenvalue weighted by Crippen LogP contribution is 2.50. The van der Waals surface area contributed by atoms with Crippen LogP contribution >= 0.6 is 46.3 Å². The monoisotopic (exact) mass is 1560 g/mol. The number of benzene rings is 5. The van der Waals surface area contributed by atoms with Crippen LogP contribution in [0.5, 0.6) is 46.0 Å². The van der Waals surface area contributed by atoms with Gasteiger partial charge in [0.15, 0.2) is 34.3 Å². The molecule has 7 aliphatic heterocycles. The number of nitrogens with zero attached hydrogens (tertiary/aromatic N) is 2. The molecule has 107 heavy (non-hydrogen) atoms. The normalized spacial score (nSPS) is 28.4. The number of carboxylic acid groups (broad SMARTS) is 1. The van der Waals surface area contributed by atoms with Crippen LogP contribution in [0.2, 0.25) is 10.0 Å². The molecule has 0 radical (unpaired) electrons. The third-order valence-corrected chi connectivity index (χ3v) is 21.0. The maximum absolute atomic E-state index is 16.2. The van der Waals surface area contributed by atoms with E-state index < -0.39 is 225 Å². The van der Waals surface area contributed by atoms with Gasteiger partial charge in [0.05, 0.1) is 40.8 Å². The van der Waals surface area contributed by atoms with E-state index in [1.54, 1.807) is 0 Å². The summed E-state index contributed by atoms with van der Waals surface area (Å²) in [6.45, 7) is 6.68. The number of amides is 7. The summed E-state index contributed by atoms with van der Waals surface area (Å²) < 4.78 is 39.7. The van der Waals surface area contributed by atoms with E-state index in [1.807, 2.05) is 13.8 Å². The standard InChI is InChI=1S/C68H76Cl2N12O23S2/c1-23(2)12-34(74-5)58(92)79-49-51(87)26-7-10-38(32(69)14-26)101-40-16-28-17-41(55(40)105-65-56(104-44-21-68(4,73)57(91)24(3)100-44)54(90)53(89)42(103-65)22-106-67-82-81-66(72)107-67)102-39-11-8-27(15-33(39)70)52(88)50-63(97)78-48(64(98)99)31-18-29(83)19-37(85)45(31)30-13-25(6-9-36(30)84)46(60(94)80-50)77-61(95)47(28)76-59(93)35(20-43(71)86)75-62(49)96/h6-11,13-19,23-24,34-35,42,44,46-54,56-57,65,74,83-85,87-91H,12,20-22,73H2,1-5H3,(H2,71,86)(H2,72,81)(H,75,96)(H,76,93)(H,77,95)(H,78,97)(H,79,92)(H,80,94)(H,98,99)/t24?,34-,35-,42?,44?,46?,47?,48+,49+,50-,51+,52+,53?,54?,56?,57?,65?,68?/m0/s1. The maximum Gasteiger partial charge on any atom is 0.330 e. The zero-order chi connectivity index (χ0) is 77.5. The van der Waals surface area contributed by atoms with E-state index in [0.717, 1.165) is 89.8 Å². The Morgan fingerprint density at radius 1 is 0.748 bits per heavy atom. The molecule has 2 saturated heterocycles. The predicted molar refractivity (Wildman–Crippen MR) is 377 cm³/mol. The molecule has 1 aromatic heterocycles. The Bertz CT molecular complexity index is 4470. The Morgan fingerprint density at radius 2 is 1.37 bits per heavy atom. The number of nitrogens with two attached hydrogens (primary N) is 3. The van der Waals surface area contributed by atoms with Gasteiger partial charge in [-0.1, -0.05) is 78.3 Å². The molecule has 6 aromatic rings. The number of aliphatic hydroxyl groups excluding tert-OH is 5. The van der Waals surface area contributed by atoms with Crippen molar-refractivity contribution in [1.29, 1.82) is 0 Å². The van der Waals surface area contributed by atoms with Crippen LogP contribution in [0.3, 0.4) is 0 Å². The van der Waals surface area contributed by atoms with E-state index in [-0.39, 0.29) is 62.9 Å². The smallest absolute Gasteiger partial charge is 0.330 e. The molecule has 35 nitrogen and oxygen atoms in total. The molecule has 0 aliphatic carbocycles. The van der Waals surface area contributed by atoms with Gasteiger partial charge in [0.2, 0.25) is 58.5 Å². The van der Waals surface area contributed by atoms with Crippen molar-refractivity contribution < 1.29 is 113 Å². The quantitative estimate of drug-likeness (QED) is 0.0645. The molecule has 0 saturated carbocycles. The summed E-state index contributed by atoms with van der Waals surface area (Å²) in [7, 11) is 1.48. The van der Waals surface area contributed by atoms with Crippen molar-refractivity contribution in [2.24, 2.45) is 17.4 Å². The third-order valence-electron chi connectivity index (χ3n) is 18.4. The second-order valence-corrected chi connectivity index (χ2v) is 29.8. The summed E-state index contributed by atoms with van der Waals surface area (Å²) in [4.78, 5) is 118. The molecule has 39 heteroatoms. The second-order valence-electron chi connectivity index (χ2n) is 26.7. The van der Waals surface area contributed by atoms with Gasteiger partial charge in [0.25, 0.3) is 0 Å². The number of carbonyl (C=O) groups excluding carboxylic acids is 7. The molecular formula is C68H76Cl2N12O23S2. The number of aliphatic hydroxyl groups is 5. The molecule has 7 aliphatic rings. The number of thioether (sulfide) groups is 1. The van der Waals surface area contributed by atoms with Gasteiger partial charge in [-0.25, -0.2) is 4.79 Å². The summed E-state index contributed by atoms with van der Waals surface area (Å²) in [6, 6.07) is -0.506. The first-order valence-electron chi connectivity index (χ1n) is 33.1. The number of phenols is 3. The highest BCUT2D eigenvalue weighted by atomic mass is 35.5. The molecule has 2 fully saturated rings. The number of rotatable bonds is 15. The third kappa shape index (κ3) is 17.1. The molecule has 572 valence electrons. The number of nitrogens with one attached hydrogen (secondary N) is 7. The van der Waals surface area contributed by atoms with Crippen molar-refractivity contribution in [1.82, 2.24) is 47.4 Å². The Labute approximate surface area is 626 Å². The van der Waals surface area contributed by atoms with Crippen molar-refractivity contribution >= 4 is 98.8 Å². The van der Waals surface area contributed by atoms with Crippen LogP contribution in [0.1, 0.15) is 105 Å². The Kier molecular flexibility index (Phi) is 23.6. The zero-order valence-corrected chi connectivity index (χ0v) is 60.3. The molecule has 11 unspecified atom stereocenters. The fraction of sp³-hybridized carbons (Fsp3) is 0.412. The van der Waals surface area contributed by atoms with Gasteiger partial charge in [-0.05, 0) is 110 Å². The van der Waals surface area contributed by atoms with Gasteiger partial charge in [-0.3, -0.25) is 33.6 Å². The number of hydrogen-bond acceptors (Lipinski definition) is 29. The average Bonchev–Trinajstić information content (AvgIpc) is 0.971. The van der Waals surface area contributed by atoms with Crippen LogP contribution in [0.4, 0.5) is 5.13 Å². The zero-order valence-electron chi connectivity index (χ0n) is 57.2. The maximum atomic E-state index is 16.2. The fourth-order valence-corrected chi connectivity index (χ4v) is 15.1. The van der Waals surface area contributed by atoms with Crippen LogP contribution in [-0.4, -0.2) is 195 Å². The number of phenolic OH excluding ortho intramolecular Hbond substituents is 3. The van der Waals surface area contributed by atoms with E-state index in [4.69, 9.17) is 68.8 Å². The highest BCUT2D eigenvalue weighted by molar-refractivity contribution is 8.01. The number of ether oxygens (including phenoxy) is 6. The van der Waals surface area contributed by atoms with Crippen molar-refractivity contribution in [2.45, 2.75) is 161 Å². The topological polar surface area (TPSA) is 562 Å². The minimum Gasteiger partial charge on any atom is -0.508 e. The summed E-state index contributed by atoms with van der Waals surface area (Å²) in [6.07, 6.45) is -18.1. The number of carboxylic acids is 1. The molecule has 8 heterocycles. The molecule has 22 N–H and O–H groups in total. The minimum atomic E-state index is -2.35. The number of likely N-dealkylation sites (N-methyl/N-ethyl adjacent to an activating group) is 1. The molecule has 13 rings (SSSR count). The number of anilines is 1. The Balaban J connectivity index is 1.16. The molecule has 7 amide bonds. The van der Waals surface area contributed by atoms with Crippen LogP contribution in [-0.2, 0) is 52.6 Å². The lowest BCUT2D eigenvalue weighted by Crippen LogP contribution is -2.64. The Hall–Kier alpha value is -9.45. The van der Waals surface area contributed by atoms with Gasteiger partial charge in [-0.2, -0.15) is 0 Å². The Morgan fingerprint density at radius 3 is 1.97 bits per heavy atom. The average molecular weight is 1560 g/mol. The number of hydrogen-bond donors (Lipinski definition) is 19. The highest BCUT2D eigenvalue weighted by Gasteiger charge is 2.52. The van der Waals surface area contributed by atoms with Gasteiger partial charge < -0.3 is 129 Å².